The number of carbonyl (C=O) groups is 2. The van der Waals surface area contributed by atoms with Crippen LogP contribution < -0.4 is 5.32 Å². The zero-order valence-corrected chi connectivity index (χ0v) is 18.6. The van der Waals surface area contributed by atoms with E-state index < -0.39 is 17.6 Å². The van der Waals surface area contributed by atoms with Crippen LogP contribution in [0.25, 0.3) is 11.1 Å². The Hall–Kier alpha value is -2.53. The van der Waals surface area contributed by atoms with Gasteiger partial charge in [-0.25, -0.2) is 9.59 Å². The molecule has 0 aliphatic carbocycles. The normalized spacial score (nSPS) is 12.7. The summed E-state index contributed by atoms with van der Waals surface area (Å²) in [6, 6.07) is 15.8. The Balaban J connectivity index is 2.05. The summed E-state index contributed by atoms with van der Waals surface area (Å²) < 4.78 is 10.4. The molecule has 0 radical (unpaired) electrons. The van der Waals surface area contributed by atoms with Crippen LogP contribution in [-0.2, 0) is 20.7 Å². The molecule has 2 aromatic rings. The van der Waals surface area contributed by atoms with Gasteiger partial charge in [-0.05, 0) is 61.9 Å². The standard InChI is InChI=1S/C24H30ClNO4/c1-4-6-16-30-23(28)26-24(3,22(27)29-5-2)15-14-18-10-12-19(13-11-18)20-8-7-9-21(25)17-20/h7-13,17H,4-6,14-16H2,1-3H3,(H,26,28). The van der Waals surface area contributed by atoms with E-state index in [4.69, 9.17) is 21.1 Å². The summed E-state index contributed by atoms with van der Waals surface area (Å²) in [4.78, 5) is 24.6. The molecule has 1 N–H and O–H groups in total. The molecule has 1 atom stereocenters. The molecule has 5 nitrogen and oxygen atoms in total. The molecule has 0 aliphatic rings. The Labute approximate surface area is 183 Å². The van der Waals surface area contributed by atoms with Crippen LogP contribution in [0, 0.1) is 0 Å². The average molecular weight is 432 g/mol. The van der Waals surface area contributed by atoms with Crippen LogP contribution >= 0.6 is 11.6 Å². The lowest BCUT2D eigenvalue weighted by atomic mass is 9.92. The zero-order chi connectivity index (χ0) is 22.0. The summed E-state index contributed by atoms with van der Waals surface area (Å²) >= 11 is 6.07. The summed E-state index contributed by atoms with van der Waals surface area (Å²) in [5.74, 6) is -0.465. The van der Waals surface area contributed by atoms with Crippen molar-refractivity contribution in [3.63, 3.8) is 0 Å². The Morgan fingerprint density at radius 2 is 1.77 bits per heavy atom. The molecule has 1 amide bonds. The minimum absolute atomic E-state index is 0.245. The molecule has 2 rings (SSSR count). The number of alkyl carbamates (subject to hydrolysis) is 1. The number of benzene rings is 2. The number of carbonyl (C=O) groups excluding carboxylic acids is 2. The van der Waals surface area contributed by atoms with Crippen molar-refractivity contribution < 1.29 is 19.1 Å². The van der Waals surface area contributed by atoms with Gasteiger partial charge in [0.1, 0.15) is 5.54 Å². The third-order valence-electron chi connectivity index (χ3n) is 4.86. The molecule has 6 heteroatoms. The number of hydrogen-bond donors (Lipinski definition) is 1. The summed E-state index contributed by atoms with van der Waals surface area (Å²) in [6.07, 6.45) is 2.09. The SMILES string of the molecule is CCCCOC(=O)NC(C)(CCc1ccc(-c2cccc(Cl)c2)cc1)C(=O)OCC. The number of halogens is 1. The van der Waals surface area contributed by atoms with Crippen molar-refractivity contribution in [3.05, 3.63) is 59.1 Å². The Morgan fingerprint density at radius 3 is 2.40 bits per heavy atom. The third kappa shape index (κ3) is 7.06. The van der Waals surface area contributed by atoms with Crippen LogP contribution in [0.5, 0.6) is 0 Å². The quantitative estimate of drug-likeness (QED) is 0.382. The zero-order valence-electron chi connectivity index (χ0n) is 17.9. The van der Waals surface area contributed by atoms with Crippen molar-refractivity contribution in [2.45, 2.75) is 52.0 Å². The highest BCUT2D eigenvalue weighted by Crippen LogP contribution is 2.24. The lowest BCUT2D eigenvalue weighted by Crippen LogP contribution is -2.53. The Kier molecular flexibility index (Phi) is 9.18. The average Bonchev–Trinajstić information content (AvgIpc) is 2.73. The van der Waals surface area contributed by atoms with Crippen molar-refractivity contribution in [1.29, 1.82) is 0 Å². The van der Waals surface area contributed by atoms with Crippen LogP contribution in [0.15, 0.2) is 48.5 Å². The van der Waals surface area contributed by atoms with Gasteiger partial charge in [0.2, 0.25) is 0 Å². The van der Waals surface area contributed by atoms with Crippen LogP contribution in [0.2, 0.25) is 5.02 Å². The maximum absolute atomic E-state index is 12.5. The number of hydrogen-bond acceptors (Lipinski definition) is 4. The van der Waals surface area contributed by atoms with Gasteiger partial charge in [-0.3, -0.25) is 0 Å². The predicted molar refractivity (Wildman–Crippen MR) is 120 cm³/mol. The molecule has 2 aromatic carbocycles. The lowest BCUT2D eigenvalue weighted by Gasteiger charge is -2.28. The summed E-state index contributed by atoms with van der Waals surface area (Å²) in [5, 5.41) is 3.39. The van der Waals surface area contributed by atoms with Gasteiger partial charge in [0.25, 0.3) is 0 Å². The van der Waals surface area contributed by atoms with E-state index in [-0.39, 0.29) is 6.61 Å². The highest BCUT2D eigenvalue weighted by Gasteiger charge is 2.36. The number of rotatable bonds is 10. The molecule has 0 aromatic heterocycles. The fourth-order valence-corrected chi connectivity index (χ4v) is 3.19. The topological polar surface area (TPSA) is 64.6 Å². The molecule has 0 spiro atoms. The van der Waals surface area contributed by atoms with Gasteiger partial charge in [0.15, 0.2) is 0 Å². The number of aryl methyl sites for hydroxylation is 1. The van der Waals surface area contributed by atoms with Gasteiger partial charge in [-0.2, -0.15) is 0 Å². The molecule has 0 bridgehead atoms. The largest absolute Gasteiger partial charge is 0.464 e. The van der Waals surface area contributed by atoms with E-state index in [1.54, 1.807) is 13.8 Å². The molecule has 1 unspecified atom stereocenters. The molecule has 0 saturated carbocycles. The third-order valence-corrected chi connectivity index (χ3v) is 5.10. The minimum atomic E-state index is -1.16. The van der Waals surface area contributed by atoms with E-state index in [1.165, 1.54) is 0 Å². The van der Waals surface area contributed by atoms with Gasteiger partial charge >= 0.3 is 12.1 Å². The first-order valence-electron chi connectivity index (χ1n) is 10.3. The van der Waals surface area contributed by atoms with Crippen molar-refractivity contribution in [2.24, 2.45) is 0 Å². The first kappa shape index (κ1) is 23.7. The van der Waals surface area contributed by atoms with E-state index in [0.29, 0.717) is 24.5 Å². The molecule has 0 heterocycles. The second-order valence-electron chi connectivity index (χ2n) is 7.37. The fourth-order valence-electron chi connectivity index (χ4n) is 3.00. The van der Waals surface area contributed by atoms with Crippen molar-refractivity contribution in [2.75, 3.05) is 13.2 Å². The fraction of sp³-hybridized carbons (Fsp3) is 0.417. The van der Waals surface area contributed by atoms with Gasteiger partial charge in [0, 0.05) is 5.02 Å². The molecule has 0 fully saturated rings. The molecular weight excluding hydrogens is 402 g/mol. The van der Waals surface area contributed by atoms with Gasteiger partial charge < -0.3 is 14.8 Å². The Morgan fingerprint density at radius 1 is 1.03 bits per heavy atom. The number of esters is 1. The second-order valence-corrected chi connectivity index (χ2v) is 7.81. The first-order valence-corrected chi connectivity index (χ1v) is 10.7. The van der Waals surface area contributed by atoms with E-state index in [0.717, 1.165) is 29.5 Å². The van der Waals surface area contributed by atoms with Crippen molar-refractivity contribution in [1.82, 2.24) is 5.32 Å². The number of amides is 1. The van der Waals surface area contributed by atoms with Crippen LogP contribution in [0.1, 0.15) is 45.6 Å². The van der Waals surface area contributed by atoms with Gasteiger partial charge in [-0.15, -0.1) is 0 Å². The van der Waals surface area contributed by atoms with Crippen molar-refractivity contribution >= 4 is 23.7 Å². The summed E-state index contributed by atoms with van der Waals surface area (Å²) in [7, 11) is 0. The Bertz CT molecular complexity index is 837. The van der Waals surface area contributed by atoms with E-state index >= 15 is 0 Å². The molecule has 0 saturated heterocycles. The highest BCUT2D eigenvalue weighted by molar-refractivity contribution is 6.30. The monoisotopic (exact) mass is 431 g/mol. The first-order chi connectivity index (χ1) is 14.4. The second kappa shape index (κ2) is 11.6. The van der Waals surface area contributed by atoms with E-state index in [2.05, 4.69) is 5.32 Å². The molecular formula is C24H30ClNO4. The van der Waals surface area contributed by atoms with Crippen molar-refractivity contribution in [3.8, 4) is 11.1 Å². The van der Waals surface area contributed by atoms with Crippen LogP contribution in [0.4, 0.5) is 4.79 Å². The van der Waals surface area contributed by atoms with E-state index in [9.17, 15) is 9.59 Å². The maximum Gasteiger partial charge on any atom is 0.408 e. The number of nitrogens with one attached hydrogen (secondary N) is 1. The minimum Gasteiger partial charge on any atom is -0.464 e. The van der Waals surface area contributed by atoms with Gasteiger partial charge in [0.05, 0.1) is 13.2 Å². The predicted octanol–water partition coefficient (Wildman–Crippen LogP) is 5.79. The molecule has 162 valence electrons. The summed E-state index contributed by atoms with van der Waals surface area (Å²) in [5.41, 5.74) is 2.00. The lowest BCUT2D eigenvalue weighted by molar-refractivity contribution is -0.150. The van der Waals surface area contributed by atoms with Crippen LogP contribution in [0.3, 0.4) is 0 Å². The summed E-state index contributed by atoms with van der Waals surface area (Å²) in [6.45, 7) is 6.00. The molecule has 0 aliphatic heterocycles. The van der Waals surface area contributed by atoms with Gasteiger partial charge in [-0.1, -0.05) is 61.3 Å². The molecule has 30 heavy (non-hydrogen) atoms. The van der Waals surface area contributed by atoms with Crippen LogP contribution in [-0.4, -0.2) is 30.8 Å². The number of ether oxygens (including phenoxy) is 2. The smallest absolute Gasteiger partial charge is 0.408 e. The number of unbranched alkanes of at least 4 members (excludes halogenated alkanes) is 1. The van der Waals surface area contributed by atoms with E-state index in [1.807, 2.05) is 55.5 Å². The highest BCUT2D eigenvalue weighted by atomic mass is 35.5. The maximum atomic E-state index is 12.5.